The van der Waals surface area contributed by atoms with E-state index in [0.29, 0.717) is 17.9 Å². The molecule has 0 aliphatic heterocycles. The molecule has 7 heteroatoms. The number of amides is 1. The molecule has 6 nitrogen and oxygen atoms in total. The number of rotatable bonds is 6. The average molecular weight is 320 g/mol. The lowest BCUT2D eigenvalue weighted by molar-refractivity contribution is -0.147. The smallest absolute Gasteiger partial charge is 0.306 e. The van der Waals surface area contributed by atoms with E-state index in [1.807, 2.05) is 0 Å². The first kappa shape index (κ1) is 16.7. The van der Waals surface area contributed by atoms with Crippen LogP contribution in [0.5, 0.6) is 0 Å². The predicted octanol–water partition coefficient (Wildman–Crippen LogP) is 2.55. The first-order chi connectivity index (χ1) is 11.0. The highest BCUT2D eigenvalue weighted by Gasteiger charge is 2.13. The Morgan fingerprint density at radius 1 is 1.35 bits per heavy atom. The van der Waals surface area contributed by atoms with Crippen molar-refractivity contribution in [2.75, 3.05) is 11.9 Å². The van der Waals surface area contributed by atoms with Gasteiger partial charge in [0.2, 0.25) is 0 Å². The molecule has 1 aromatic carbocycles. The molecule has 23 heavy (non-hydrogen) atoms. The van der Waals surface area contributed by atoms with Crippen molar-refractivity contribution < 1.29 is 23.2 Å². The fourth-order valence-electron chi connectivity index (χ4n) is 2.07. The third kappa shape index (κ3) is 4.91. The van der Waals surface area contributed by atoms with Crippen LogP contribution in [0.25, 0.3) is 0 Å². The SMILES string of the molecule is Cc1noc(C)c1CCC(=O)OCC(=O)Nc1cccc(F)c1. The van der Waals surface area contributed by atoms with Crippen LogP contribution in [0.4, 0.5) is 10.1 Å². The van der Waals surface area contributed by atoms with E-state index in [9.17, 15) is 14.0 Å². The quantitative estimate of drug-likeness (QED) is 0.827. The molecule has 1 amide bonds. The third-order valence-corrected chi connectivity index (χ3v) is 3.23. The lowest BCUT2D eigenvalue weighted by Gasteiger charge is -2.06. The van der Waals surface area contributed by atoms with Crippen LogP contribution >= 0.6 is 0 Å². The monoisotopic (exact) mass is 320 g/mol. The summed E-state index contributed by atoms with van der Waals surface area (Å²) in [4.78, 5) is 23.3. The van der Waals surface area contributed by atoms with Gasteiger partial charge in [-0.1, -0.05) is 11.2 Å². The number of benzene rings is 1. The highest BCUT2D eigenvalue weighted by molar-refractivity contribution is 5.92. The largest absolute Gasteiger partial charge is 0.456 e. The third-order valence-electron chi connectivity index (χ3n) is 3.23. The minimum absolute atomic E-state index is 0.121. The van der Waals surface area contributed by atoms with Crippen molar-refractivity contribution in [2.24, 2.45) is 0 Å². The van der Waals surface area contributed by atoms with Crippen molar-refractivity contribution in [1.82, 2.24) is 5.16 Å². The standard InChI is InChI=1S/C16H17FN2O4/c1-10-14(11(2)23-19-10)6-7-16(21)22-9-15(20)18-13-5-3-4-12(17)8-13/h3-5,8H,6-7,9H2,1-2H3,(H,18,20). The van der Waals surface area contributed by atoms with E-state index in [1.165, 1.54) is 18.2 Å². The number of esters is 1. The first-order valence-electron chi connectivity index (χ1n) is 7.08. The van der Waals surface area contributed by atoms with Crippen LogP contribution in [0.1, 0.15) is 23.4 Å². The highest BCUT2D eigenvalue weighted by atomic mass is 19.1. The van der Waals surface area contributed by atoms with E-state index >= 15 is 0 Å². The molecule has 0 saturated carbocycles. The van der Waals surface area contributed by atoms with E-state index in [1.54, 1.807) is 19.9 Å². The maximum Gasteiger partial charge on any atom is 0.306 e. The fourth-order valence-corrected chi connectivity index (χ4v) is 2.07. The number of nitrogens with one attached hydrogen (secondary N) is 1. The normalized spacial score (nSPS) is 10.4. The van der Waals surface area contributed by atoms with Gasteiger partial charge in [-0.25, -0.2) is 4.39 Å². The Bertz CT molecular complexity index is 692. The molecule has 1 aromatic heterocycles. The van der Waals surface area contributed by atoms with Gasteiger partial charge in [-0.3, -0.25) is 9.59 Å². The second kappa shape index (κ2) is 7.53. The number of hydrogen-bond acceptors (Lipinski definition) is 5. The van der Waals surface area contributed by atoms with Gasteiger partial charge in [0.1, 0.15) is 11.6 Å². The van der Waals surface area contributed by atoms with E-state index in [4.69, 9.17) is 9.26 Å². The molecule has 0 unspecified atom stereocenters. The molecule has 2 aromatic rings. The molecule has 1 heterocycles. The Labute approximate surface area is 132 Å². The maximum absolute atomic E-state index is 13.0. The zero-order chi connectivity index (χ0) is 16.8. The second-order valence-electron chi connectivity index (χ2n) is 5.02. The van der Waals surface area contributed by atoms with Crippen molar-refractivity contribution >= 4 is 17.6 Å². The van der Waals surface area contributed by atoms with Crippen molar-refractivity contribution in [1.29, 1.82) is 0 Å². The molecule has 0 spiro atoms. The molecular weight excluding hydrogens is 303 g/mol. The van der Waals surface area contributed by atoms with Crippen LogP contribution in [0.15, 0.2) is 28.8 Å². The van der Waals surface area contributed by atoms with Gasteiger partial charge in [-0.05, 0) is 38.5 Å². The molecule has 0 atom stereocenters. The number of aryl methyl sites for hydroxylation is 2. The Morgan fingerprint density at radius 3 is 2.78 bits per heavy atom. The summed E-state index contributed by atoms with van der Waals surface area (Å²) < 4.78 is 22.9. The lowest BCUT2D eigenvalue weighted by atomic mass is 10.1. The summed E-state index contributed by atoms with van der Waals surface area (Å²) in [5.41, 5.74) is 1.91. The summed E-state index contributed by atoms with van der Waals surface area (Å²) in [6.07, 6.45) is 0.557. The summed E-state index contributed by atoms with van der Waals surface area (Å²) in [5, 5.41) is 6.25. The van der Waals surface area contributed by atoms with Gasteiger partial charge in [0.15, 0.2) is 6.61 Å². The summed E-state index contributed by atoms with van der Waals surface area (Å²) in [6, 6.07) is 5.46. The Kier molecular flexibility index (Phi) is 5.46. The number of carbonyl (C=O) groups is 2. The van der Waals surface area contributed by atoms with Crippen molar-refractivity contribution in [3.05, 3.63) is 47.1 Å². The topological polar surface area (TPSA) is 81.4 Å². The zero-order valence-corrected chi connectivity index (χ0v) is 12.9. The van der Waals surface area contributed by atoms with E-state index in [2.05, 4.69) is 10.5 Å². The number of carbonyl (C=O) groups excluding carboxylic acids is 2. The number of halogens is 1. The Morgan fingerprint density at radius 2 is 2.13 bits per heavy atom. The van der Waals surface area contributed by atoms with Crippen molar-refractivity contribution in [3.63, 3.8) is 0 Å². The Balaban J connectivity index is 1.75. The summed E-state index contributed by atoms with van der Waals surface area (Å²) >= 11 is 0. The van der Waals surface area contributed by atoms with Gasteiger partial charge in [0, 0.05) is 17.7 Å². The summed E-state index contributed by atoms with van der Waals surface area (Å²) in [6.45, 7) is 3.15. The predicted molar refractivity (Wildman–Crippen MR) is 80.3 cm³/mol. The van der Waals surface area contributed by atoms with E-state index in [0.717, 1.165) is 11.3 Å². The molecule has 1 N–H and O–H groups in total. The fraction of sp³-hybridized carbons (Fsp3) is 0.312. The lowest BCUT2D eigenvalue weighted by Crippen LogP contribution is -2.21. The molecular formula is C16H17FN2O4. The van der Waals surface area contributed by atoms with Gasteiger partial charge in [-0.2, -0.15) is 0 Å². The van der Waals surface area contributed by atoms with Crippen LogP contribution in [-0.4, -0.2) is 23.6 Å². The second-order valence-corrected chi connectivity index (χ2v) is 5.02. The molecule has 0 bridgehead atoms. The van der Waals surface area contributed by atoms with Gasteiger partial charge in [0.05, 0.1) is 5.69 Å². The minimum Gasteiger partial charge on any atom is -0.456 e. The number of hydrogen-bond donors (Lipinski definition) is 1. The molecule has 0 aliphatic rings. The Hall–Kier alpha value is -2.70. The van der Waals surface area contributed by atoms with Gasteiger partial charge >= 0.3 is 5.97 Å². The number of ether oxygens (including phenoxy) is 1. The average Bonchev–Trinajstić information content (AvgIpc) is 2.82. The van der Waals surface area contributed by atoms with Gasteiger partial charge in [-0.15, -0.1) is 0 Å². The van der Waals surface area contributed by atoms with Crippen LogP contribution in [-0.2, 0) is 20.7 Å². The van der Waals surface area contributed by atoms with Crippen LogP contribution in [0, 0.1) is 19.7 Å². The van der Waals surface area contributed by atoms with Gasteiger partial charge in [0.25, 0.3) is 5.91 Å². The van der Waals surface area contributed by atoms with Crippen LogP contribution < -0.4 is 5.32 Å². The van der Waals surface area contributed by atoms with Crippen LogP contribution in [0.2, 0.25) is 0 Å². The van der Waals surface area contributed by atoms with Gasteiger partial charge < -0.3 is 14.6 Å². The summed E-state index contributed by atoms with van der Waals surface area (Å²) in [5.74, 6) is -0.820. The first-order valence-corrected chi connectivity index (χ1v) is 7.08. The number of anilines is 1. The van der Waals surface area contributed by atoms with Crippen molar-refractivity contribution in [2.45, 2.75) is 26.7 Å². The number of aromatic nitrogens is 1. The summed E-state index contributed by atoms with van der Waals surface area (Å²) in [7, 11) is 0. The molecule has 0 radical (unpaired) electrons. The number of nitrogens with zero attached hydrogens (tertiary/aromatic N) is 1. The zero-order valence-electron chi connectivity index (χ0n) is 12.9. The molecule has 2 rings (SSSR count). The minimum atomic E-state index is -0.527. The van der Waals surface area contributed by atoms with Crippen LogP contribution in [0.3, 0.4) is 0 Å². The molecule has 0 saturated heterocycles. The van der Waals surface area contributed by atoms with Crippen molar-refractivity contribution in [3.8, 4) is 0 Å². The highest BCUT2D eigenvalue weighted by Crippen LogP contribution is 2.14. The molecule has 0 aliphatic carbocycles. The maximum atomic E-state index is 13.0. The van der Waals surface area contributed by atoms with E-state index in [-0.39, 0.29) is 6.42 Å². The van der Waals surface area contributed by atoms with E-state index < -0.39 is 24.3 Å². The molecule has 122 valence electrons. The molecule has 0 fully saturated rings.